The van der Waals surface area contributed by atoms with Crippen LogP contribution in [0, 0.1) is 0 Å². The minimum Gasteiger partial charge on any atom is -0.336 e. The number of likely N-dealkylation sites (tertiary alicyclic amines) is 1. The number of carbonyl (C=O) groups excluding carboxylic acids is 1. The Hall–Kier alpha value is -4.64. The second-order valence-corrected chi connectivity index (χ2v) is 12.3. The van der Waals surface area contributed by atoms with Crippen LogP contribution >= 0.6 is 0 Å². The highest BCUT2D eigenvalue weighted by Gasteiger charge is 2.34. The topological polar surface area (TPSA) is 75.5 Å². The van der Waals surface area contributed by atoms with Crippen LogP contribution in [0.25, 0.3) is 10.9 Å². The van der Waals surface area contributed by atoms with Gasteiger partial charge in [0, 0.05) is 24.0 Å². The average Bonchev–Trinajstić information content (AvgIpc) is 3.67. The highest BCUT2D eigenvalue weighted by atomic mass is 32.2. The lowest BCUT2D eigenvalue weighted by Gasteiger charge is -2.26. The maximum Gasteiger partial charge on any atom is 0.416 e. The standard InChI is InChI=1S/C32H27F3N4O3S/c33-32(34,35)26-12-7-13-27(19-26)38(21-23-8-2-1-3-9-23)43(41,42)29-14-6-11-24(18-29)31(40)37-17-16-28(22-37)39-30-15-5-4-10-25(30)20-36-39/h1-15,18-20,28H,16-17,21-22H2. The van der Waals surface area contributed by atoms with Crippen LogP contribution in [0.15, 0.2) is 114 Å². The largest absolute Gasteiger partial charge is 0.416 e. The van der Waals surface area contributed by atoms with Gasteiger partial charge < -0.3 is 4.90 Å². The third-order valence-electron chi connectivity index (χ3n) is 7.60. The molecule has 0 saturated carbocycles. The molecule has 0 spiro atoms. The van der Waals surface area contributed by atoms with Crippen molar-refractivity contribution in [1.29, 1.82) is 0 Å². The van der Waals surface area contributed by atoms with E-state index in [0.717, 1.165) is 27.3 Å². The van der Waals surface area contributed by atoms with Gasteiger partial charge in [-0.1, -0.05) is 60.7 Å². The number of anilines is 1. The first kappa shape index (κ1) is 28.5. The number of fused-ring (bicyclic) bond motifs is 1. The molecule has 6 rings (SSSR count). The van der Waals surface area contributed by atoms with Gasteiger partial charge in [-0.05, 0) is 54.4 Å². The van der Waals surface area contributed by atoms with Gasteiger partial charge in [-0.25, -0.2) is 8.42 Å². The molecule has 0 N–H and O–H groups in total. The minimum absolute atomic E-state index is 0.0296. The smallest absolute Gasteiger partial charge is 0.336 e. The second kappa shape index (κ2) is 11.2. The van der Waals surface area contributed by atoms with E-state index in [9.17, 15) is 26.4 Å². The Morgan fingerprint density at radius 2 is 1.65 bits per heavy atom. The number of para-hydroxylation sites is 1. The molecule has 1 aromatic heterocycles. The molecule has 1 fully saturated rings. The number of nitrogens with zero attached hydrogens (tertiary/aromatic N) is 4. The van der Waals surface area contributed by atoms with E-state index in [1.165, 1.54) is 30.3 Å². The van der Waals surface area contributed by atoms with Gasteiger partial charge in [0.05, 0.1) is 40.4 Å². The van der Waals surface area contributed by atoms with E-state index in [1.54, 1.807) is 47.5 Å². The molecule has 1 aliphatic rings. The van der Waals surface area contributed by atoms with Crippen LogP contribution in [-0.4, -0.2) is 42.1 Å². The van der Waals surface area contributed by atoms with E-state index >= 15 is 0 Å². The Bertz CT molecular complexity index is 1890. The molecule has 11 heteroatoms. The number of benzene rings is 4. The van der Waals surface area contributed by atoms with Gasteiger partial charge in [0.1, 0.15) is 0 Å². The normalized spacial score (nSPS) is 15.6. The van der Waals surface area contributed by atoms with Crippen molar-refractivity contribution in [1.82, 2.24) is 14.7 Å². The number of alkyl halides is 3. The van der Waals surface area contributed by atoms with E-state index in [-0.39, 0.29) is 34.6 Å². The lowest BCUT2D eigenvalue weighted by molar-refractivity contribution is -0.137. The first-order chi connectivity index (χ1) is 20.6. The summed E-state index contributed by atoms with van der Waals surface area (Å²) in [6.45, 7) is 0.680. The van der Waals surface area contributed by atoms with Gasteiger partial charge in [0.25, 0.3) is 15.9 Å². The van der Waals surface area contributed by atoms with Crippen LogP contribution in [-0.2, 0) is 22.7 Å². The van der Waals surface area contributed by atoms with Crippen LogP contribution in [0.2, 0.25) is 0 Å². The Morgan fingerprint density at radius 1 is 0.907 bits per heavy atom. The van der Waals surface area contributed by atoms with Crippen molar-refractivity contribution in [3.05, 3.63) is 126 Å². The Labute approximate surface area is 246 Å². The number of carbonyl (C=O) groups is 1. The summed E-state index contributed by atoms with van der Waals surface area (Å²) in [6.07, 6.45) is -2.17. The lowest BCUT2D eigenvalue weighted by atomic mass is 10.2. The van der Waals surface area contributed by atoms with Crippen molar-refractivity contribution in [3.8, 4) is 0 Å². The monoisotopic (exact) mass is 604 g/mol. The summed E-state index contributed by atoms with van der Waals surface area (Å²) in [5, 5.41) is 5.52. The van der Waals surface area contributed by atoms with E-state index < -0.39 is 21.8 Å². The Kier molecular flexibility index (Phi) is 7.43. The molecule has 220 valence electrons. The fourth-order valence-corrected chi connectivity index (χ4v) is 6.90. The number of aromatic nitrogens is 2. The van der Waals surface area contributed by atoms with E-state index in [0.29, 0.717) is 25.1 Å². The summed E-state index contributed by atoms with van der Waals surface area (Å²) in [5.41, 5.74) is 0.642. The molecule has 0 radical (unpaired) electrons. The highest BCUT2D eigenvalue weighted by Crippen LogP contribution is 2.34. The van der Waals surface area contributed by atoms with E-state index in [2.05, 4.69) is 5.10 Å². The number of amides is 1. The predicted octanol–water partition coefficient (Wildman–Crippen LogP) is 6.54. The molecule has 1 saturated heterocycles. The van der Waals surface area contributed by atoms with Crippen LogP contribution < -0.4 is 4.31 Å². The average molecular weight is 605 g/mol. The maximum absolute atomic E-state index is 14.0. The number of sulfonamides is 1. The SMILES string of the molecule is O=C(c1cccc(S(=O)(=O)N(Cc2ccccc2)c2cccc(C(F)(F)F)c2)c1)N1CCC(n2ncc3ccccc32)C1. The molecule has 43 heavy (non-hydrogen) atoms. The van der Waals surface area contributed by atoms with Gasteiger partial charge in [-0.2, -0.15) is 18.3 Å². The van der Waals surface area contributed by atoms with Gasteiger partial charge in [0.2, 0.25) is 0 Å². The zero-order chi connectivity index (χ0) is 30.2. The summed E-state index contributed by atoms with van der Waals surface area (Å²) in [6, 6.07) is 26.3. The van der Waals surface area contributed by atoms with Crippen LogP contribution in [0.4, 0.5) is 18.9 Å². The van der Waals surface area contributed by atoms with E-state index in [1.807, 2.05) is 28.9 Å². The fraction of sp³-hybridized carbons (Fsp3) is 0.188. The molecule has 4 aromatic carbocycles. The Morgan fingerprint density at radius 3 is 2.44 bits per heavy atom. The first-order valence-corrected chi connectivity index (χ1v) is 15.1. The molecular formula is C32H27F3N4O3S. The van der Waals surface area contributed by atoms with Gasteiger partial charge in [-0.15, -0.1) is 0 Å². The Balaban J connectivity index is 1.29. The van der Waals surface area contributed by atoms with Crippen molar-refractivity contribution in [2.45, 2.75) is 30.1 Å². The van der Waals surface area contributed by atoms with Crippen molar-refractivity contribution in [2.75, 3.05) is 17.4 Å². The molecule has 0 aliphatic carbocycles. The summed E-state index contributed by atoms with van der Waals surface area (Å²) in [4.78, 5) is 15.0. The molecule has 2 heterocycles. The molecule has 1 amide bonds. The number of hydrogen-bond acceptors (Lipinski definition) is 4. The van der Waals surface area contributed by atoms with Crippen molar-refractivity contribution < 1.29 is 26.4 Å². The zero-order valence-electron chi connectivity index (χ0n) is 22.9. The van der Waals surface area contributed by atoms with Gasteiger partial charge >= 0.3 is 6.18 Å². The second-order valence-electron chi connectivity index (χ2n) is 10.4. The molecule has 1 unspecified atom stereocenters. The number of hydrogen-bond donors (Lipinski definition) is 0. The fourth-order valence-electron chi connectivity index (χ4n) is 5.41. The number of halogens is 3. The molecule has 1 atom stereocenters. The lowest BCUT2D eigenvalue weighted by Crippen LogP contribution is -2.32. The van der Waals surface area contributed by atoms with Crippen LogP contribution in [0.1, 0.15) is 33.9 Å². The molecule has 7 nitrogen and oxygen atoms in total. The third kappa shape index (κ3) is 5.72. The summed E-state index contributed by atoms with van der Waals surface area (Å²) < 4.78 is 71.6. The van der Waals surface area contributed by atoms with E-state index in [4.69, 9.17) is 0 Å². The van der Waals surface area contributed by atoms with Crippen LogP contribution in [0.5, 0.6) is 0 Å². The number of rotatable bonds is 7. The zero-order valence-corrected chi connectivity index (χ0v) is 23.7. The summed E-state index contributed by atoms with van der Waals surface area (Å²) in [5.74, 6) is -0.329. The molecular weight excluding hydrogens is 577 g/mol. The maximum atomic E-state index is 14.0. The van der Waals surface area contributed by atoms with Crippen molar-refractivity contribution >= 4 is 32.5 Å². The van der Waals surface area contributed by atoms with Crippen LogP contribution in [0.3, 0.4) is 0 Å². The quantitative estimate of drug-likeness (QED) is 0.212. The van der Waals surface area contributed by atoms with Crippen molar-refractivity contribution in [3.63, 3.8) is 0 Å². The van der Waals surface area contributed by atoms with Gasteiger partial charge in [-0.3, -0.25) is 13.8 Å². The first-order valence-electron chi connectivity index (χ1n) is 13.7. The molecule has 0 bridgehead atoms. The summed E-state index contributed by atoms with van der Waals surface area (Å²) in [7, 11) is -4.38. The summed E-state index contributed by atoms with van der Waals surface area (Å²) >= 11 is 0. The van der Waals surface area contributed by atoms with Gasteiger partial charge in [0.15, 0.2) is 0 Å². The molecule has 1 aliphatic heterocycles. The third-order valence-corrected chi connectivity index (χ3v) is 9.37. The predicted molar refractivity (Wildman–Crippen MR) is 157 cm³/mol. The highest BCUT2D eigenvalue weighted by molar-refractivity contribution is 7.92. The minimum atomic E-state index is -4.65. The molecule has 5 aromatic rings. The van der Waals surface area contributed by atoms with Crippen molar-refractivity contribution in [2.24, 2.45) is 0 Å².